The molecule has 0 bridgehead atoms. The van der Waals surface area contributed by atoms with E-state index in [-0.39, 0.29) is 0 Å². The van der Waals surface area contributed by atoms with E-state index in [0.717, 1.165) is 12.5 Å². The fraction of sp³-hybridized carbons (Fsp3) is 0.733. The first-order valence-corrected chi connectivity index (χ1v) is 8.86. The molecule has 0 aromatic carbocycles. The molecule has 1 aliphatic rings. The second kappa shape index (κ2) is 7.66. The Kier molecular flexibility index (Phi) is 6.19. The van der Waals surface area contributed by atoms with Gasteiger partial charge in [0.15, 0.2) is 0 Å². The molecule has 3 heteroatoms. The molecule has 0 saturated heterocycles. The van der Waals surface area contributed by atoms with E-state index in [1.807, 2.05) is 11.3 Å². The van der Waals surface area contributed by atoms with Crippen molar-refractivity contribution in [3.8, 4) is 0 Å². The lowest BCUT2D eigenvalue weighted by Crippen LogP contribution is -2.31. The van der Waals surface area contributed by atoms with Crippen molar-refractivity contribution in [3.05, 3.63) is 20.8 Å². The molecule has 102 valence electrons. The molecule has 1 aliphatic carbocycles. The molecular formula is C15H24BrNS. The lowest BCUT2D eigenvalue weighted by molar-refractivity contribution is 0.408. The number of thiophene rings is 1. The van der Waals surface area contributed by atoms with Crippen molar-refractivity contribution in [1.82, 2.24) is 5.32 Å². The van der Waals surface area contributed by atoms with Crippen molar-refractivity contribution in [3.63, 3.8) is 0 Å². The highest BCUT2D eigenvalue weighted by molar-refractivity contribution is 9.11. The maximum absolute atomic E-state index is 3.66. The van der Waals surface area contributed by atoms with Crippen LogP contribution in [0.3, 0.4) is 0 Å². The van der Waals surface area contributed by atoms with Crippen molar-refractivity contribution < 1.29 is 0 Å². The van der Waals surface area contributed by atoms with Gasteiger partial charge in [0, 0.05) is 10.9 Å². The summed E-state index contributed by atoms with van der Waals surface area (Å²) in [5.41, 5.74) is 0. The van der Waals surface area contributed by atoms with Gasteiger partial charge in [0.05, 0.1) is 3.79 Å². The second-order valence-electron chi connectivity index (χ2n) is 5.39. The van der Waals surface area contributed by atoms with Gasteiger partial charge in [0.2, 0.25) is 0 Å². The summed E-state index contributed by atoms with van der Waals surface area (Å²) in [4.78, 5) is 1.50. The van der Waals surface area contributed by atoms with Crippen molar-refractivity contribution >= 4 is 27.3 Å². The summed E-state index contributed by atoms with van der Waals surface area (Å²) in [6.07, 6.45) is 9.84. The average Bonchev–Trinajstić information content (AvgIpc) is 2.98. The van der Waals surface area contributed by atoms with E-state index in [2.05, 4.69) is 40.3 Å². The van der Waals surface area contributed by atoms with Crippen molar-refractivity contribution in [1.29, 1.82) is 0 Å². The minimum absolute atomic E-state index is 0.668. The van der Waals surface area contributed by atoms with Crippen LogP contribution in [0.1, 0.15) is 50.3 Å². The van der Waals surface area contributed by atoms with Crippen LogP contribution in [0.25, 0.3) is 0 Å². The summed E-state index contributed by atoms with van der Waals surface area (Å²) in [5, 5.41) is 3.66. The Morgan fingerprint density at radius 2 is 2.17 bits per heavy atom. The highest BCUT2D eigenvalue weighted by Gasteiger charge is 2.17. The fourth-order valence-corrected chi connectivity index (χ4v) is 4.57. The molecule has 1 fully saturated rings. The predicted molar refractivity (Wildman–Crippen MR) is 84.4 cm³/mol. The molecule has 1 atom stereocenters. The Balaban J connectivity index is 1.79. The Hall–Kier alpha value is 0.140. The summed E-state index contributed by atoms with van der Waals surface area (Å²) in [6, 6.07) is 5.09. The third-order valence-corrected chi connectivity index (χ3v) is 5.61. The number of nitrogens with one attached hydrogen (secondary N) is 1. The number of likely N-dealkylation sites (N-methyl/N-ethyl adjacent to an activating group) is 1. The van der Waals surface area contributed by atoms with E-state index in [9.17, 15) is 0 Å². The zero-order valence-corrected chi connectivity index (χ0v) is 13.7. The largest absolute Gasteiger partial charge is 0.314 e. The first-order valence-electron chi connectivity index (χ1n) is 7.25. The van der Waals surface area contributed by atoms with Gasteiger partial charge >= 0.3 is 0 Å². The van der Waals surface area contributed by atoms with Crippen molar-refractivity contribution in [2.45, 2.75) is 57.9 Å². The lowest BCUT2D eigenvalue weighted by atomic mass is 9.97. The van der Waals surface area contributed by atoms with Gasteiger partial charge in [-0.25, -0.2) is 0 Å². The van der Waals surface area contributed by atoms with Gasteiger partial charge in [-0.05, 0) is 59.8 Å². The Morgan fingerprint density at radius 3 is 2.78 bits per heavy atom. The fourth-order valence-electron chi connectivity index (χ4n) is 3.01. The van der Waals surface area contributed by atoms with Crippen LogP contribution in [0.5, 0.6) is 0 Å². The van der Waals surface area contributed by atoms with E-state index >= 15 is 0 Å². The van der Waals surface area contributed by atoms with E-state index in [4.69, 9.17) is 0 Å². The maximum atomic E-state index is 3.66. The molecule has 18 heavy (non-hydrogen) atoms. The second-order valence-corrected chi connectivity index (χ2v) is 7.94. The molecule has 1 aromatic rings. The van der Waals surface area contributed by atoms with Gasteiger partial charge in [-0.3, -0.25) is 0 Å². The number of halogens is 1. The standard InChI is InChI=1S/C15H24BrNS/c1-2-17-13(8-7-12-5-3-4-6-12)11-14-9-10-15(16)18-14/h9-10,12-13,17H,2-8,11H2,1H3. The first-order chi connectivity index (χ1) is 8.78. The molecule has 1 unspecified atom stereocenters. The van der Waals surface area contributed by atoms with Gasteiger partial charge in [-0.15, -0.1) is 11.3 Å². The molecule has 1 aromatic heterocycles. The van der Waals surface area contributed by atoms with Crippen LogP contribution in [0.4, 0.5) is 0 Å². The third-order valence-electron chi connectivity index (χ3n) is 3.97. The lowest BCUT2D eigenvalue weighted by Gasteiger charge is -2.19. The molecule has 2 rings (SSSR count). The zero-order chi connectivity index (χ0) is 12.8. The average molecular weight is 330 g/mol. The van der Waals surface area contributed by atoms with Gasteiger partial charge in [-0.2, -0.15) is 0 Å². The molecule has 0 amide bonds. The Bertz CT molecular complexity index is 344. The highest BCUT2D eigenvalue weighted by Crippen LogP contribution is 2.30. The van der Waals surface area contributed by atoms with Crippen molar-refractivity contribution in [2.75, 3.05) is 6.54 Å². The monoisotopic (exact) mass is 329 g/mol. The summed E-state index contributed by atoms with van der Waals surface area (Å²) < 4.78 is 1.25. The topological polar surface area (TPSA) is 12.0 Å². The molecule has 1 heterocycles. The van der Waals surface area contributed by atoms with Crippen LogP contribution in [-0.2, 0) is 6.42 Å². The van der Waals surface area contributed by atoms with Gasteiger partial charge < -0.3 is 5.32 Å². The predicted octanol–water partition coefficient (Wildman–Crippen LogP) is 5.00. The number of rotatable bonds is 7. The number of hydrogen-bond acceptors (Lipinski definition) is 2. The molecule has 1 saturated carbocycles. The molecule has 1 nitrogen and oxygen atoms in total. The van der Waals surface area contributed by atoms with Crippen LogP contribution in [0.15, 0.2) is 15.9 Å². The van der Waals surface area contributed by atoms with Crippen LogP contribution in [0.2, 0.25) is 0 Å². The Labute approximate surface area is 123 Å². The van der Waals surface area contributed by atoms with Crippen molar-refractivity contribution in [2.24, 2.45) is 5.92 Å². The first kappa shape index (κ1) is 14.5. The normalized spacial score (nSPS) is 18.3. The maximum Gasteiger partial charge on any atom is 0.0701 e. The van der Waals surface area contributed by atoms with Gasteiger partial charge in [0.1, 0.15) is 0 Å². The molecule has 0 spiro atoms. The summed E-state index contributed by atoms with van der Waals surface area (Å²) >= 11 is 5.43. The van der Waals surface area contributed by atoms with E-state index < -0.39 is 0 Å². The minimum Gasteiger partial charge on any atom is -0.314 e. The van der Waals surface area contributed by atoms with Crippen LogP contribution in [-0.4, -0.2) is 12.6 Å². The quantitative estimate of drug-likeness (QED) is 0.742. The molecule has 0 radical (unpaired) electrons. The smallest absolute Gasteiger partial charge is 0.0701 e. The minimum atomic E-state index is 0.668. The van der Waals surface area contributed by atoms with Gasteiger partial charge in [-0.1, -0.05) is 32.6 Å². The third kappa shape index (κ3) is 4.67. The van der Waals surface area contributed by atoms with Crippen LogP contribution in [0, 0.1) is 5.92 Å². The molecule has 0 aliphatic heterocycles. The van der Waals surface area contributed by atoms with E-state index in [0.29, 0.717) is 6.04 Å². The summed E-state index contributed by atoms with van der Waals surface area (Å²) in [5.74, 6) is 1.02. The summed E-state index contributed by atoms with van der Waals surface area (Å²) in [6.45, 7) is 3.30. The Morgan fingerprint density at radius 1 is 1.39 bits per heavy atom. The molecule has 1 N–H and O–H groups in total. The van der Waals surface area contributed by atoms with E-state index in [1.54, 1.807) is 0 Å². The van der Waals surface area contributed by atoms with Crippen LogP contribution < -0.4 is 5.32 Å². The molecular weight excluding hydrogens is 306 g/mol. The highest BCUT2D eigenvalue weighted by atomic mass is 79.9. The zero-order valence-electron chi connectivity index (χ0n) is 11.3. The summed E-state index contributed by atoms with van der Waals surface area (Å²) in [7, 11) is 0. The van der Waals surface area contributed by atoms with E-state index in [1.165, 1.54) is 53.6 Å². The van der Waals surface area contributed by atoms with Crippen LogP contribution >= 0.6 is 27.3 Å². The SMILES string of the molecule is CCNC(CCC1CCCC1)Cc1ccc(Br)s1. The number of hydrogen-bond donors (Lipinski definition) is 1. The van der Waals surface area contributed by atoms with Gasteiger partial charge in [0.25, 0.3) is 0 Å².